The van der Waals surface area contributed by atoms with Crippen LogP contribution in [0.4, 0.5) is 0 Å². The Kier molecular flexibility index (Phi) is 5.42. The normalized spacial score (nSPS) is 11.6. The molecule has 0 saturated heterocycles. The van der Waals surface area contributed by atoms with E-state index in [9.17, 15) is 4.79 Å². The maximum atomic E-state index is 12.5. The predicted octanol–water partition coefficient (Wildman–Crippen LogP) is 3.58. The number of carbonyl (C=O) groups excluding carboxylic acids is 1. The van der Waals surface area contributed by atoms with Gasteiger partial charge in [0.25, 0.3) is 5.91 Å². The van der Waals surface area contributed by atoms with E-state index in [-0.39, 0.29) is 11.9 Å². The summed E-state index contributed by atoms with van der Waals surface area (Å²) in [6.45, 7) is 2.04. The summed E-state index contributed by atoms with van der Waals surface area (Å²) in [6.07, 6.45) is 0.814. The van der Waals surface area contributed by atoms with Gasteiger partial charge in [-0.15, -0.1) is 0 Å². The van der Waals surface area contributed by atoms with E-state index in [0.29, 0.717) is 17.1 Å². The van der Waals surface area contributed by atoms with Crippen molar-refractivity contribution in [1.29, 1.82) is 0 Å². The minimum absolute atomic E-state index is 0.0273. The molecule has 2 aromatic carbocycles. The first-order valence-electron chi connectivity index (χ1n) is 7.27. The van der Waals surface area contributed by atoms with Crippen molar-refractivity contribution in [3.63, 3.8) is 0 Å². The molecule has 4 nitrogen and oxygen atoms in total. The summed E-state index contributed by atoms with van der Waals surface area (Å²) in [5, 5.41) is 3.05. The lowest BCUT2D eigenvalue weighted by atomic mass is 10.0. The van der Waals surface area contributed by atoms with Gasteiger partial charge in [0.2, 0.25) is 0 Å². The van der Waals surface area contributed by atoms with Crippen molar-refractivity contribution < 1.29 is 14.3 Å². The Morgan fingerprint density at radius 2 is 1.82 bits per heavy atom. The number of hydrogen-bond acceptors (Lipinski definition) is 3. The third-order valence-corrected chi connectivity index (χ3v) is 3.57. The molecule has 0 saturated carbocycles. The number of benzene rings is 2. The van der Waals surface area contributed by atoms with Crippen molar-refractivity contribution >= 4 is 5.91 Å². The number of nitrogens with one attached hydrogen (secondary N) is 1. The highest BCUT2D eigenvalue weighted by Crippen LogP contribution is 2.25. The summed E-state index contributed by atoms with van der Waals surface area (Å²) in [5.74, 6) is 0.999. The highest BCUT2D eigenvalue weighted by atomic mass is 16.5. The molecular weight excluding hydrogens is 278 g/mol. The maximum Gasteiger partial charge on any atom is 0.255 e. The fraction of sp³-hybridized carbons (Fsp3) is 0.278. The molecule has 2 rings (SSSR count). The molecule has 0 bridgehead atoms. The van der Waals surface area contributed by atoms with Crippen LogP contribution in [0.25, 0.3) is 0 Å². The van der Waals surface area contributed by atoms with Crippen molar-refractivity contribution in [3.05, 3.63) is 59.7 Å². The third kappa shape index (κ3) is 3.58. The van der Waals surface area contributed by atoms with Gasteiger partial charge in [0, 0.05) is 6.07 Å². The minimum Gasteiger partial charge on any atom is -0.497 e. The molecule has 0 aliphatic carbocycles. The summed E-state index contributed by atoms with van der Waals surface area (Å²) in [5.41, 5.74) is 1.59. The molecule has 0 fully saturated rings. The molecule has 1 N–H and O–H groups in total. The summed E-state index contributed by atoms with van der Waals surface area (Å²) >= 11 is 0. The third-order valence-electron chi connectivity index (χ3n) is 3.57. The fourth-order valence-corrected chi connectivity index (χ4v) is 2.33. The van der Waals surface area contributed by atoms with E-state index in [4.69, 9.17) is 9.47 Å². The van der Waals surface area contributed by atoms with Crippen molar-refractivity contribution in [2.24, 2.45) is 0 Å². The van der Waals surface area contributed by atoms with Crippen molar-refractivity contribution in [2.75, 3.05) is 14.2 Å². The van der Waals surface area contributed by atoms with Gasteiger partial charge >= 0.3 is 0 Å². The number of hydrogen-bond donors (Lipinski definition) is 1. The second-order valence-electron chi connectivity index (χ2n) is 4.91. The number of amides is 1. The van der Waals surface area contributed by atoms with E-state index >= 15 is 0 Å². The average molecular weight is 299 g/mol. The smallest absolute Gasteiger partial charge is 0.255 e. The first-order chi connectivity index (χ1) is 10.7. The highest BCUT2D eigenvalue weighted by molar-refractivity contribution is 5.97. The maximum absolute atomic E-state index is 12.5. The second-order valence-corrected chi connectivity index (χ2v) is 4.91. The monoisotopic (exact) mass is 299 g/mol. The van der Waals surface area contributed by atoms with Crippen LogP contribution in [-0.4, -0.2) is 20.1 Å². The average Bonchev–Trinajstić information content (AvgIpc) is 2.59. The fourth-order valence-electron chi connectivity index (χ4n) is 2.33. The Balaban J connectivity index is 2.21. The summed E-state index contributed by atoms with van der Waals surface area (Å²) < 4.78 is 10.4. The number of carbonyl (C=O) groups is 1. The summed E-state index contributed by atoms with van der Waals surface area (Å²) in [4.78, 5) is 12.5. The van der Waals surface area contributed by atoms with Crippen LogP contribution >= 0.6 is 0 Å². The Morgan fingerprint density at radius 1 is 1.09 bits per heavy atom. The van der Waals surface area contributed by atoms with Crippen LogP contribution in [0.2, 0.25) is 0 Å². The van der Waals surface area contributed by atoms with E-state index in [1.807, 2.05) is 37.3 Å². The molecule has 0 radical (unpaired) electrons. The van der Waals surface area contributed by atoms with E-state index in [0.717, 1.165) is 12.0 Å². The molecule has 2 aromatic rings. The SMILES string of the molecule is CC[C@@H](NC(=O)c1ccc(OC)cc1OC)c1ccccc1. The molecule has 0 aliphatic heterocycles. The van der Waals surface area contributed by atoms with Gasteiger partial charge in [0.15, 0.2) is 0 Å². The number of methoxy groups -OCH3 is 2. The Labute approximate surface area is 131 Å². The van der Waals surface area contributed by atoms with Crippen LogP contribution < -0.4 is 14.8 Å². The first-order valence-corrected chi connectivity index (χ1v) is 7.27. The van der Waals surface area contributed by atoms with Crippen LogP contribution in [0.1, 0.15) is 35.3 Å². The zero-order valence-corrected chi connectivity index (χ0v) is 13.1. The Morgan fingerprint density at radius 3 is 2.41 bits per heavy atom. The van der Waals surface area contributed by atoms with Gasteiger partial charge in [-0.25, -0.2) is 0 Å². The van der Waals surface area contributed by atoms with Crippen LogP contribution in [0.3, 0.4) is 0 Å². The molecule has 0 aromatic heterocycles. The van der Waals surface area contributed by atoms with E-state index in [2.05, 4.69) is 5.32 Å². The molecule has 0 heterocycles. The van der Waals surface area contributed by atoms with Crippen LogP contribution in [0.15, 0.2) is 48.5 Å². The zero-order valence-electron chi connectivity index (χ0n) is 13.1. The summed E-state index contributed by atoms with van der Waals surface area (Å²) in [7, 11) is 3.12. The Bertz CT molecular complexity index is 625. The largest absolute Gasteiger partial charge is 0.497 e. The lowest BCUT2D eigenvalue weighted by molar-refractivity contribution is 0.0932. The molecule has 22 heavy (non-hydrogen) atoms. The van der Waals surface area contributed by atoms with Gasteiger partial charge in [0.05, 0.1) is 25.8 Å². The second kappa shape index (κ2) is 7.50. The van der Waals surface area contributed by atoms with Gasteiger partial charge in [0.1, 0.15) is 11.5 Å². The van der Waals surface area contributed by atoms with Gasteiger partial charge < -0.3 is 14.8 Å². The van der Waals surface area contributed by atoms with Crippen LogP contribution in [-0.2, 0) is 0 Å². The predicted molar refractivity (Wildman–Crippen MR) is 86.5 cm³/mol. The van der Waals surface area contributed by atoms with Gasteiger partial charge in [-0.05, 0) is 24.1 Å². The van der Waals surface area contributed by atoms with Gasteiger partial charge in [-0.1, -0.05) is 37.3 Å². The van der Waals surface area contributed by atoms with Crippen molar-refractivity contribution in [2.45, 2.75) is 19.4 Å². The Hall–Kier alpha value is -2.49. The highest BCUT2D eigenvalue weighted by Gasteiger charge is 2.17. The minimum atomic E-state index is -0.157. The summed E-state index contributed by atoms with van der Waals surface area (Å²) in [6, 6.07) is 15.1. The molecule has 0 aliphatic rings. The molecule has 0 unspecified atom stereocenters. The molecule has 0 spiro atoms. The lowest BCUT2D eigenvalue weighted by Gasteiger charge is -2.18. The van der Waals surface area contributed by atoms with Crippen LogP contribution in [0, 0.1) is 0 Å². The molecule has 1 amide bonds. The number of ether oxygens (including phenoxy) is 2. The van der Waals surface area contributed by atoms with Gasteiger partial charge in [-0.2, -0.15) is 0 Å². The molecule has 4 heteroatoms. The topological polar surface area (TPSA) is 47.6 Å². The van der Waals surface area contributed by atoms with Crippen molar-refractivity contribution in [3.8, 4) is 11.5 Å². The standard InChI is InChI=1S/C18H21NO3/c1-4-16(13-8-6-5-7-9-13)19-18(20)15-11-10-14(21-2)12-17(15)22-3/h5-12,16H,4H2,1-3H3,(H,19,20)/t16-/m1/s1. The number of rotatable bonds is 6. The quantitative estimate of drug-likeness (QED) is 0.887. The van der Waals surface area contributed by atoms with Crippen LogP contribution in [0.5, 0.6) is 11.5 Å². The molecular formula is C18H21NO3. The molecule has 1 atom stereocenters. The van der Waals surface area contributed by atoms with E-state index < -0.39 is 0 Å². The first kappa shape index (κ1) is 15.9. The van der Waals surface area contributed by atoms with E-state index in [1.165, 1.54) is 0 Å². The lowest BCUT2D eigenvalue weighted by Crippen LogP contribution is -2.28. The zero-order chi connectivity index (χ0) is 15.9. The van der Waals surface area contributed by atoms with Crippen molar-refractivity contribution in [1.82, 2.24) is 5.32 Å². The molecule has 116 valence electrons. The van der Waals surface area contributed by atoms with Gasteiger partial charge in [-0.3, -0.25) is 4.79 Å². The van der Waals surface area contributed by atoms with E-state index in [1.54, 1.807) is 32.4 Å².